The Morgan fingerprint density at radius 1 is 1.16 bits per heavy atom. The van der Waals surface area contributed by atoms with E-state index < -0.39 is 0 Å². The minimum atomic E-state index is -0.164. The number of carbonyl (C=O) groups excluding carboxylic acids is 1. The average Bonchev–Trinajstić information content (AvgIpc) is 2.82. The van der Waals surface area contributed by atoms with Crippen molar-refractivity contribution in [2.75, 3.05) is 16.0 Å². The van der Waals surface area contributed by atoms with Gasteiger partial charge in [-0.1, -0.05) is 23.8 Å². The van der Waals surface area contributed by atoms with Crippen LogP contribution >= 0.6 is 11.6 Å². The molecule has 6 bridgehead atoms. The van der Waals surface area contributed by atoms with E-state index in [4.69, 9.17) is 11.6 Å². The van der Waals surface area contributed by atoms with Gasteiger partial charge in [-0.2, -0.15) is 4.98 Å². The molecule has 3 aromatic rings. The number of fused-ring (bicyclic) bond motifs is 6. The Bertz CT molecular complexity index is 1220. The predicted octanol–water partition coefficient (Wildman–Crippen LogP) is 5.34. The summed E-state index contributed by atoms with van der Waals surface area (Å²) in [5.41, 5.74) is 4.29. The van der Waals surface area contributed by atoms with Gasteiger partial charge in [0.2, 0.25) is 5.95 Å². The fraction of sp³-hybridized carbons (Fsp3) is 0.167. The number of nitrogens with one attached hydrogen (secondary N) is 3. The summed E-state index contributed by atoms with van der Waals surface area (Å²) < 4.78 is 0. The monoisotopic (exact) mass is 444 g/mol. The molecule has 3 heterocycles. The number of rotatable bonds is 2. The molecular weight excluding hydrogens is 424 g/mol. The summed E-state index contributed by atoms with van der Waals surface area (Å²) in [6, 6.07) is 9.24. The molecule has 1 unspecified atom stereocenters. The zero-order valence-electron chi connectivity index (χ0n) is 17.2. The molecule has 0 saturated heterocycles. The van der Waals surface area contributed by atoms with Crippen molar-refractivity contribution >= 4 is 40.6 Å². The summed E-state index contributed by atoms with van der Waals surface area (Å²) in [7, 11) is 0. The third-order valence-corrected chi connectivity index (χ3v) is 5.80. The van der Waals surface area contributed by atoms with Crippen molar-refractivity contribution in [1.29, 1.82) is 0 Å². The molecular formula is C24H21ClN6O. The van der Waals surface area contributed by atoms with E-state index >= 15 is 0 Å². The number of hydrogen-bond acceptors (Lipinski definition) is 6. The van der Waals surface area contributed by atoms with Crippen LogP contribution in [0.5, 0.6) is 0 Å². The number of carbonyl (C=O) groups is 1. The maximum Gasteiger partial charge on any atom is 0.255 e. The normalized spacial score (nSPS) is 16.9. The van der Waals surface area contributed by atoms with Gasteiger partial charge in [-0.25, -0.2) is 4.98 Å². The lowest BCUT2D eigenvalue weighted by molar-refractivity contribution is 0.102. The number of anilines is 4. The van der Waals surface area contributed by atoms with Gasteiger partial charge in [0.25, 0.3) is 5.91 Å². The largest absolute Gasteiger partial charge is 0.339 e. The Morgan fingerprint density at radius 2 is 2.03 bits per heavy atom. The zero-order chi connectivity index (χ0) is 21.9. The van der Waals surface area contributed by atoms with Crippen LogP contribution in [0.2, 0.25) is 5.02 Å². The van der Waals surface area contributed by atoms with Gasteiger partial charge < -0.3 is 16.0 Å². The molecule has 0 saturated carbocycles. The van der Waals surface area contributed by atoms with Crippen molar-refractivity contribution in [3.63, 3.8) is 0 Å². The highest BCUT2D eigenvalue weighted by atomic mass is 35.5. The number of amides is 1. The minimum absolute atomic E-state index is 0.164. The second-order valence-corrected chi connectivity index (χ2v) is 8.19. The first kappa shape index (κ1) is 20.2. The minimum Gasteiger partial charge on any atom is -0.339 e. The van der Waals surface area contributed by atoms with Crippen LogP contribution in [-0.4, -0.2) is 20.9 Å². The number of aromatic nitrogens is 3. The molecule has 160 valence electrons. The summed E-state index contributed by atoms with van der Waals surface area (Å²) in [6.07, 6.45) is 13.7. The molecule has 3 N–H and O–H groups in total. The second kappa shape index (κ2) is 8.80. The first-order valence-corrected chi connectivity index (χ1v) is 10.8. The summed E-state index contributed by atoms with van der Waals surface area (Å²) in [5, 5.41) is 10.1. The standard InChI is InChI=1S/C24H21ClN6O/c25-20-14-27-24-29-18-3-1-2-15(12-18)4-5-17-13-19(28-22(20)31-24)6-7-21(17)30-23(32)16-8-10-26-11-9-16/h1-3,6-11,13-15H,4-5,12H2,(H,30,32)(H2,27,28,29,31). The van der Waals surface area contributed by atoms with Crippen molar-refractivity contribution in [3.8, 4) is 0 Å². The lowest BCUT2D eigenvalue weighted by Gasteiger charge is -2.20. The average molecular weight is 445 g/mol. The third kappa shape index (κ3) is 4.48. The molecule has 1 amide bonds. The van der Waals surface area contributed by atoms with Crippen molar-refractivity contribution < 1.29 is 4.79 Å². The van der Waals surface area contributed by atoms with Crippen molar-refractivity contribution in [3.05, 3.63) is 89.0 Å². The highest BCUT2D eigenvalue weighted by molar-refractivity contribution is 6.32. The van der Waals surface area contributed by atoms with E-state index in [1.165, 1.54) is 0 Å². The molecule has 1 aliphatic heterocycles. The van der Waals surface area contributed by atoms with Gasteiger partial charge in [0.05, 0.1) is 6.20 Å². The molecule has 0 fully saturated rings. The van der Waals surface area contributed by atoms with E-state index in [2.05, 4.69) is 43.1 Å². The fourth-order valence-corrected chi connectivity index (χ4v) is 4.01. The number of benzene rings is 1. The van der Waals surface area contributed by atoms with Gasteiger partial charge in [0, 0.05) is 35.0 Å². The molecule has 8 heteroatoms. The van der Waals surface area contributed by atoms with E-state index in [9.17, 15) is 4.79 Å². The topological polar surface area (TPSA) is 91.8 Å². The van der Waals surface area contributed by atoms with Crippen LogP contribution in [0.1, 0.15) is 28.8 Å². The number of hydrogen-bond donors (Lipinski definition) is 3. The molecule has 5 rings (SSSR count). The lowest BCUT2D eigenvalue weighted by atomic mass is 9.91. The summed E-state index contributed by atoms with van der Waals surface area (Å²) in [6.45, 7) is 0. The smallest absolute Gasteiger partial charge is 0.255 e. The van der Waals surface area contributed by atoms with Gasteiger partial charge >= 0.3 is 0 Å². The van der Waals surface area contributed by atoms with Crippen molar-refractivity contribution in [1.82, 2.24) is 15.0 Å². The van der Waals surface area contributed by atoms with Gasteiger partial charge in [0.15, 0.2) is 5.82 Å². The van der Waals surface area contributed by atoms with Gasteiger partial charge in [-0.15, -0.1) is 0 Å². The SMILES string of the molecule is O=C(Nc1ccc2cc1CCC1C=CC=C(C1)Nc1ncc(Cl)c(n1)N2)c1ccncc1. The van der Waals surface area contributed by atoms with Crippen molar-refractivity contribution in [2.45, 2.75) is 19.3 Å². The Kier molecular flexibility index (Phi) is 5.56. The zero-order valence-corrected chi connectivity index (χ0v) is 17.9. The molecule has 1 aromatic carbocycles. The molecule has 2 aromatic heterocycles. The number of nitrogens with zero attached hydrogens (tertiary/aromatic N) is 3. The van der Waals surface area contributed by atoms with E-state index in [-0.39, 0.29) is 5.91 Å². The second-order valence-electron chi connectivity index (χ2n) is 7.78. The van der Waals surface area contributed by atoms with Gasteiger partial charge in [-0.05, 0) is 67.2 Å². The molecule has 0 radical (unpaired) electrons. The van der Waals surface area contributed by atoms with E-state index in [0.29, 0.717) is 28.3 Å². The highest BCUT2D eigenvalue weighted by Crippen LogP contribution is 2.31. The van der Waals surface area contributed by atoms with Crippen LogP contribution in [-0.2, 0) is 6.42 Å². The Balaban J connectivity index is 1.50. The number of allylic oxidation sites excluding steroid dienone is 4. The van der Waals surface area contributed by atoms with Crippen LogP contribution in [0.15, 0.2) is 72.8 Å². The van der Waals surface area contributed by atoms with E-state index in [0.717, 1.165) is 41.9 Å². The van der Waals surface area contributed by atoms with Gasteiger partial charge in [-0.3, -0.25) is 9.78 Å². The summed E-state index contributed by atoms with van der Waals surface area (Å²) in [5.74, 6) is 1.22. The number of aryl methyl sites for hydroxylation is 1. The molecule has 1 aliphatic carbocycles. The maximum atomic E-state index is 12.7. The fourth-order valence-electron chi connectivity index (χ4n) is 3.87. The molecule has 2 aliphatic rings. The van der Waals surface area contributed by atoms with Crippen molar-refractivity contribution in [2.24, 2.45) is 5.92 Å². The van der Waals surface area contributed by atoms with Crippen LogP contribution < -0.4 is 16.0 Å². The predicted molar refractivity (Wildman–Crippen MR) is 126 cm³/mol. The molecule has 7 nitrogen and oxygen atoms in total. The number of halogens is 1. The Labute approximate surface area is 190 Å². The first-order chi connectivity index (χ1) is 15.6. The molecule has 32 heavy (non-hydrogen) atoms. The van der Waals surface area contributed by atoms with Crippen LogP contribution in [0.4, 0.5) is 23.1 Å². The number of pyridine rings is 1. The van der Waals surface area contributed by atoms with Gasteiger partial charge in [0.1, 0.15) is 5.02 Å². The van der Waals surface area contributed by atoms with Crippen LogP contribution in [0.3, 0.4) is 0 Å². The van der Waals surface area contributed by atoms with E-state index in [1.54, 1.807) is 30.7 Å². The lowest BCUT2D eigenvalue weighted by Crippen LogP contribution is -2.14. The third-order valence-electron chi connectivity index (χ3n) is 5.52. The molecule has 1 atom stereocenters. The Morgan fingerprint density at radius 3 is 2.91 bits per heavy atom. The van der Waals surface area contributed by atoms with E-state index in [1.807, 2.05) is 24.3 Å². The molecule has 0 spiro atoms. The Hall–Kier alpha value is -3.71. The highest BCUT2D eigenvalue weighted by Gasteiger charge is 2.17. The quantitative estimate of drug-likeness (QED) is 0.494. The summed E-state index contributed by atoms with van der Waals surface area (Å²) in [4.78, 5) is 25.5. The maximum absolute atomic E-state index is 12.7. The van der Waals surface area contributed by atoms with Crippen LogP contribution in [0.25, 0.3) is 0 Å². The first-order valence-electron chi connectivity index (χ1n) is 10.4. The van der Waals surface area contributed by atoms with Crippen LogP contribution in [0, 0.1) is 5.92 Å². The summed E-state index contributed by atoms with van der Waals surface area (Å²) >= 11 is 6.34.